The van der Waals surface area contributed by atoms with Gasteiger partial charge < -0.3 is 61.6 Å². The molecule has 3 aliphatic rings. The van der Waals surface area contributed by atoms with Gasteiger partial charge in [-0.1, -0.05) is 30.3 Å². The lowest BCUT2D eigenvalue weighted by Gasteiger charge is -2.46. The molecule has 0 aliphatic carbocycles. The summed E-state index contributed by atoms with van der Waals surface area (Å²) >= 11 is 0. The smallest absolute Gasteiger partial charge is 0.305 e. The van der Waals surface area contributed by atoms with Crippen LogP contribution in [0.25, 0.3) is 0 Å². The molecule has 3 saturated heterocycles. The minimum atomic E-state index is -1.59. The van der Waals surface area contributed by atoms with Gasteiger partial charge in [-0.2, -0.15) is 0 Å². The minimum absolute atomic E-state index is 0.0950. The van der Waals surface area contributed by atoms with Crippen LogP contribution in [0.15, 0.2) is 30.3 Å². The Hall–Kier alpha value is -4.73. The summed E-state index contributed by atoms with van der Waals surface area (Å²) in [4.78, 5) is 85.6. The van der Waals surface area contributed by atoms with Crippen molar-refractivity contribution in [3.05, 3.63) is 35.9 Å². The van der Waals surface area contributed by atoms with Gasteiger partial charge in [-0.25, -0.2) is 0 Å². The highest BCUT2D eigenvalue weighted by molar-refractivity contribution is 5.69. The highest BCUT2D eigenvalue weighted by Crippen LogP contribution is 2.33. The summed E-state index contributed by atoms with van der Waals surface area (Å²) < 4.78 is 74.1. The Balaban J connectivity index is 1.61. The summed E-state index contributed by atoms with van der Waals surface area (Å²) in [5.74, 6) is -5.66. The average Bonchev–Trinajstić information content (AvgIpc) is 3.09. The summed E-state index contributed by atoms with van der Waals surface area (Å²) in [5, 5.41) is 0. The predicted octanol–water partition coefficient (Wildman–Crippen LogP) is 0.564. The van der Waals surface area contributed by atoms with Gasteiger partial charge in [0.15, 0.2) is 43.1 Å². The first-order chi connectivity index (χ1) is 26.5. The van der Waals surface area contributed by atoms with Crippen molar-refractivity contribution in [2.75, 3.05) is 19.8 Å². The van der Waals surface area contributed by atoms with Crippen molar-refractivity contribution in [3.63, 3.8) is 0 Å². The Morgan fingerprint density at radius 1 is 0.446 bits per heavy atom. The summed E-state index contributed by atoms with van der Waals surface area (Å²) in [5.41, 5.74) is 0.804. The van der Waals surface area contributed by atoms with Crippen LogP contribution in [0.5, 0.6) is 0 Å². The Morgan fingerprint density at radius 2 is 0.768 bits per heavy atom. The largest absolute Gasteiger partial charge is 0.455 e. The standard InChI is InChI=1S/C36H46O20/c1-17(37)48-28-25(44-13-24-11-9-8-10-12-24)14-45-35(31(28)51-20(4)40)55-27-16-47-36(33(53-22(6)42)30(27)50-19(3)39)56-26-15-46-34(54-23(7)43)32(52-21(5)41)29(26)49-18(2)38/h8-12,25-36H,13-16H2,1-7H3/t25-,26+,27+,28-,29+,30-,31+,32-,33-,34-,35-,36-/m0/s1. The van der Waals surface area contributed by atoms with Crippen LogP contribution in [0.4, 0.5) is 0 Å². The van der Waals surface area contributed by atoms with Gasteiger partial charge in [0, 0.05) is 48.5 Å². The molecule has 3 fully saturated rings. The van der Waals surface area contributed by atoms with Gasteiger partial charge in [0.2, 0.25) is 12.4 Å². The van der Waals surface area contributed by atoms with Gasteiger partial charge >= 0.3 is 41.8 Å². The van der Waals surface area contributed by atoms with Crippen molar-refractivity contribution < 1.29 is 95.1 Å². The fourth-order valence-corrected chi connectivity index (χ4v) is 6.18. The van der Waals surface area contributed by atoms with E-state index in [1.165, 1.54) is 0 Å². The van der Waals surface area contributed by atoms with Gasteiger partial charge in [-0.15, -0.1) is 0 Å². The second kappa shape index (κ2) is 20.4. The molecule has 0 spiro atoms. The number of carbonyl (C=O) groups is 7. The zero-order chi connectivity index (χ0) is 41.1. The van der Waals surface area contributed by atoms with Crippen molar-refractivity contribution in [1.82, 2.24) is 0 Å². The Bertz CT molecular complexity index is 1550. The molecule has 1 aromatic carbocycles. The number of hydrogen-bond acceptors (Lipinski definition) is 20. The normalized spacial score (nSPS) is 31.5. The van der Waals surface area contributed by atoms with Crippen LogP contribution in [-0.4, -0.2) is 135 Å². The molecule has 1 aromatic rings. The summed E-state index contributed by atoms with van der Waals surface area (Å²) in [7, 11) is 0. The topological polar surface area (TPSA) is 239 Å². The molecule has 310 valence electrons. The summed E-state index contributed by atoms with van der Waals surface area (Å²) in [6.45, 7) is 6.68. The molecular weight excluding hydrogens is 752 g/mol. The third-order valence-corrected chi connectivity index (χ3v) is 8.17. The summed E-state index contributed by atoms with van der Waals surface area (Å²) in [6.07, 6.45) is -16.8. The maximum atomic E-state index is 12.5. The van der Waals surface area contributed by atoms with Crippen molar-refractivity contribution in [2.45, 2.75) is 129 Å². The third-order valence-electron chi connectivity index (χ3n) is 8.17. The van der Waals surface area contributed by atoms with Gasteiger partial charge in [0.1, 0.15) is 18.3 Å². The molecule has 3 aliphatic heterocycles. The van der Waals surface area contributed by atoms with E-state index in [9.17, 15) is 33.6 Å². The molecule has 56 heavy (non-hydrogen) atoms. The molecule has 20 nitrogen and oxygen atoms in total. The van der Waals surface area contributed by atoms with E-state index in [1.807, 2.05) is 30.3 Å². The van der Waals surface area contributed by atoms with E-state index in [2.05, 4.69) is 0 Å². The number of ether oxygens (including phenoxy) is 13. The average molecular weight is 799 g/mol. The fraction of sp³-hybridized carbons (Fsp3) is 0.639. The number of rotatable bonds is 14. The van der Waals surface area contributed by atoms with Crippen LogP contribution in [-0.2, 0) is 102 Å². The van der Waals surface area contributed by atoms with E-state index in [4.69, 9.17) is 61.6 Å². The SMILES string of the molecule is CC(=O)O[C@@H]1OC[C@@H](O[C@@H]2OC[C@@H](O[C@@H]3OC[C@H](OCc4ccccc4)[C@H](OC(C)=O)[C@H]3OC(C)=O)[C@H](OC(C)=O)[C@@H]2OC(C)=O)[C@@H](OC(C)=O)[C@@H]1OC(C)=O. The van der Waals surface area contributed by atoms with Crippen molar-refractivity contribution in [3.8, 4) is 0 Å². The highest BCUT2D eigenvalue weighted by Gasteiger charge is 2.54. The molecule has 20 heteroatoms. The van der Waals surface area contributed by atoms with Gasteiger partial charge in [0.05, 0.1) is 26.4 Å². The maximum Gasteiger partial charge on any atom is 0.305 e. The molecule has 3 heterocycles. The first-order valence-corrected chi connectivity index (χ1v) is 17.5. The van der Waals surface area contributed by atoms with E-state index < -0.39 is 129 Å². The summed E-state index contributed by atoms with van der Waals surface area (Å²) in [6, 6.07) is 9.11. The van der Waals surface area contributed by atoms with Crippen LogP contribution < -0.4 is 0 Å². The lowest BCUT2D eigenvalue weighted by Crippen LogP contribution is -2.64. The molecule has 0 unspecified atom stereocenters. The lowest BCUT2D eigenvalue weighted by molar-refractivity contribution is -0.350. The molecule has 0 amide bonds. The van der Waals surface area contributed by atoms with Gasteiger partial charge in [0.25, 0.3) is 0 Å². The number of hydrogen-bond donors (Lipinski definition) is 0. The van der Waals surface area contributed by atoms with Crippen LogP contribution in [0.3, 0.4) is 0 Å². The molecule has 0 saturated carbocycles. The second-order valence-corrected chi connectivity index (χ2v) is 12.8. The first kappa shape index (κ1) is 44.0. The quantitative estimate of drug-likeness (QED) is 0.185. The lowest BCUT2D eigenvalue weighted by atomic mass is 10.0. The monoisotopic (exact) mass is 798 g/mol. The molecular formula is C36H46O20. The molecule has 0 N–H and O–H groups in total. The number of esters is 7. The molecule has 0 aromatic heterocycles. The maximum absolute atomic E-state index is 12.5. The van der Waals surface area contributed by atoms with E-state index in [1.54, 1.807) is 0 Å². The number of carbonyl (C=O) groups excluding carboxylic acids is 7. The molecule has 0 radical (unpaired) electrons. The molecule has 0 bridgehead atoms. The van der Waals surface area contributed by atoms with Gasteiger partial charge in [-0.3, -0.25) is 33.6 Å². The van der Waals surface area contributed by atoms with Gasteiger partial charge in [-0.05, 0) is 5.56 Å². The Morgan fingerprint density at radius 3 is 1.16 bits per heavy atom. The second-order valence-electron chi connectivity index (χ2n) is 12.8. The zero-order valence-electron chi connectivity index (χ0n) is 31.8. The van der Waals surface area contributed by atoms with Crippen LogP contribution in [0.2, 0.25) is 0 Å². The predicted molar refractivity (Wildman–Crippen MR) is 179 cm³/mol. The Kier molecular flexibility index (Phi) is 16.1. The third kappa shape index (κ3) is 12.6. The highest BCUT2D eigenvalue weighted by atomic mass is 16.8. The fourth-order valence-electron chi connectivity index (χ4n) is 6.18. The van der Waals surface area contributed by atoms with E-state index in [0.717, 1.165) is 54.0 Å². The van der Waals surface area contributed by atoms with E-state index in [-0.39, 0.29) is 13.2 Å². The number of benzene rings is 1. The first-order valence-electron chi connectivity index (χ1n) is 17.5. The van der Waals surface area contributed by atoms with Crippen molar-refractivity contribution in [1.29, 1.82) is 0 Å². The van der Waals surface area contributed by atoms with Crippen LogP contribution in [0.1, 0.15) is 54.0 Å². The van der Waals surface area contributed by atoms with E-state index >= 15 is 0 Å². The zero-order valence-corrected chi connectivity index (χ0v) is 31.8. The van der Waals surface area contributed by atoms with Crippen LogP contribution in [0, 0.1) is 0 Å². The van der Waals surface area contributed by atoms with E-state index in [0.29, 0.717) is 0 Å². The Labute approximate surface area is 321 Å². The van der Waals surface area contributed by atoms with Crippen molar-refractivity contribution >= 4 is 41.8 Å². The minimum Gasteiger partial charge on any atom is -0.455 e. The molecule has 12 atom stereocenters. The molecule has 4 rings (SSSR count). The van der Waals surface area contributed by atoms with Crippen LogP contribution >= 0.6 is 0 Å². The van der Waals surface area contributed by atoms with Crippen molar-refractivity contribution in [2.24, 2.45) is 0 Å².